The van der Waals surface area contributed by atoms with Crippen molar-refractivity contribution in [2.75, 3.05) is 13.2 Å². The van der Waals surface area contributed by atoms with Crippen molar-refractivity contribution < 1.29 is 19.1 Å². The van der Waals surface area contributed by atoms with E-state index >= 15 is 0 Å². The number of hydrogen-bond donors (Lipinski definition) is 0. The second kappa shape index (κ2) is 6.70. The largest absolute Gasteiger partial charge is 0.462 e. The topological polar surface area (TPSA) is 52.6 Å². The van der Waals surface area contributed by atoms with Crippen molar-refractivity contribution in [3.05, 3.63) is 20.9 Å². The number of thiophene rings is 1. The maximum absolute atomic E-state index is 12.0. The Morgan fingerprint density at radius 1 is 1.11 bits per heavy atom. The predicted molar refractivity (Wildman–Crippen MR) is 75.1 cm³/mol. The van der Waals surface area contributed by atoms with Crippen LogP contribution in [0.1, 0.15) is 64.1 Å². The van der Waals surface area contributed by atoms with Crippen LogP contribution in [0.25, 0.3) is 0 Å². The molecule has 0 radical (unpaired) electrons. The molecule has 0 spiro atoms. The van der Waals surface area contributed by atoms with Crippen LogP contribution in [0.2, 0.25) is 0 Å². The van der Waals surface area contributed by atoms with E-state index in [1.807, 2.05) is 13.8 Å². The van der Waals surface area contributed by atoms with Gasteiger partial charge in [-0.3, -0.25) is 0 Å². The lowest BCUT2D eigenvalue weighted by Gasteiger charge is -2.07. The quantitative estimate of drug-likeness (QED) is 0.776. The highest BCUT2D eigenvalue weighted by atomic mass is 32.1. The predicted octanol–water partition coefficient (Wildman–Crippen LogP) is 3.53. The van der Waals surface area contributed by atoms with Crippen LogP contribution in [-0.2, 0) is 9.47 Å². The summed E-state index contributed by atoms with van der Waals surface area (Å²) >= 11 is 1.32. The molecule has 0 amide bonds. The van der Waals surface area contributed by atoms with Gasteiger partial charge in [0.1, 0.15) is 4.88 Å². The van der Waals surface area contributed by atoms with Gasteiger partial charge in [-0.1, -0.05) is 13.8 Å². The molecule has 0 aliphatic heterocycles. The van der Waals surface area contributed by atoms with Crippen LogP contribution in [0, 0.1) is 6.92 Å². The molecule has 5 heteroatoms. The minimum Gasteiger partial charge on any atom is -0.462 e. The Labute approximate surface area is 117 Å². The molecule has 1 rings (SSSR count). The summed E-state index contributed by atoms with van der Waals surface area (Å²) in [5, 5.41) is 0. The Balaban J connectivity index is 3.28. The lowest BCUT2D eigenvalue weighted by atomic mass is 10.0. The van der Waals surface area contributed by atoms with Crippen LogP contribution in [0.5, 0.6) is 0 Å². The summed E-state index contributed by atoms with van der Waals surface area (Å²) in [5.74, 6) is -0.579. The molecule has 0 aliphatic rings. The molecular formula is C14H20O4S. The molecule has 1 aromatic rings. The van der Waals surface area contributed by atoms with Gasteiger partial charge < -0.3 is 9.47 Å². The number of ether oxygens (including phenoxy) is 2. The molecule has 0 bridgehead atoms. The van der Waals surface area contributed by atoms with Crippen LogP contribution >= 0.6 is 11.3 Å². The summed E-state index contributed by atoms with van der Waals surface area (Å²) in [4.78, 5) is 25.3. The summed E-state index contributed by atoms with van der Waals surface area (Å²) in [7, 11) is 0. The highest BCUT2D eigenvalue weighted by Crippen LogP contribution is 2.34. The minimum absolute atomic E-state index is 0.159. The Morgan fingerprint density at radius 3 is 2.11 bits per heavy atom. The van der Waals surface area contributed by atoms with Crippen molar-refractivity contribution in [1.82, 2.24) is 0 Å². The first-order valence-electron chi connectivity index (χ1n) is 6.41. The molecule has 0 aliphatic carbocycles. The molecule has 4 nitrogen and oxygen atoms in total. The molecule has 0 N–H and O–H groups in total. The van der Waals surface area contributed by atoms with Crippen molar-refractivity contribution in [1.29, 1.82) is 0 Å². The summed E-state index contributed by atoms with van der Waals surface area (Å²) in [6, 6.07) is 0. The van der Waals surface area contributed by atoms with Crippen molar-refractivity contribution >= 4 is 23.3 Å². The van der Waals surface area contributed by atoms with E-state index in [0.29, 0.717) is 29.2 Å². The maximum Gasteiger partial charge on any atom is 0.348 e. The second-order valence-corrected chi connectivity index (χ2v) is 5.44. The molecular weight excluding hydrogens is 264 g/mol. The van der Waals surface area contributed by atoms with Crippen molar-refractivity contribution in [3.63, 3.8) is 0 Å². The normalized spacial score (nSPS) is 10.6. The first kappa shape index (κ1) is 15.7. The zero-order valence-corrected chi connectivity index (χ0v) is 12.8. The number of rotatable bonds is 5. The number of carbonyl (C=O) groups excluding carboxylic acids is 2. The third kappa shape index (κ3) is 3.35. The second-order valence-electron chi connectivity index (χ2n) is 4.39. The van der Waals surface area contributed by atoms with Crippen molar-refractivity contribution in [2.24, 2.45) is 0 Å². The smallest absolute Gasteiger partial charge is 0.348 e. The fourth-order valence-electron chi connectivity index (χ4n) is 1.79. The Morgan fingerprint density at radius 2 is 1.63 bits per heavy atom. The van der Waals surface area contributed by atoms with Gasteiger partial charge in [0.15, 0.2) is 0 Å². The molecule has 1 heterocycles. The standard InChI is InChI=1S/C14H20O4S/c1-6-17-13(15)10-9(5)12(14(16)18-7-2)19-11(10)8(3)4/h8H,6-7H2,1-5H3. The summed E-state index contributed by atoms with van der Waals surface area (Å²) < 4.78 is 10.1. The maximum atomic E-state index is 12.0. The number of esters is 2. The molecule has 0 fully saturated rings. The summed E-state index contributed by atoms with van der Waals surface area (Å²) in [6.45, 7) is 9.91. The van der Waals surface area contributed by atoms with Crippen LogP contribution in [-0.4, -0.2) is 25.2 Å². The molecule has 106 valence electrons. The van der Waals surface area contributed by atoms with Gasteiger partial charge >= 0.3 is 11.9 Å². The molecule has 0 saturated carbocycles. The lowest BCUT2D eigenvalue weighted by molar-refractivity contribution is 0.0524. The van der Waals surface area contributed by atoms with Gasteiger partial charge in [0.05, 0.1) is 18.8 Å². The van der Waals surface area contributed by atoms with Gasteiger partial charge in [-0.15, -0.1) is 11.3 Å². The summed E-state index contributed by atoms with van der Waals surface area (Å²) in [5.41, 5.74) is 1.18. The van der Waals surface area contributed by atoms with E-state index in [1.165, 1.54) is 11.3 Å². The molecule has 19 heavy (non-hydrogen) atoms. The van der Waals surface area contributed by atoms with E-state index in [4.69, 9.17) is 9.47 Å². The van der Waals surface area contributed by atoms with Crippen LogP contribution < -0.4 is 0 Å². The van der Waals surface area contributed by atoms with E-state index in [-0.39, 0.29) is 17.9 Å². The highest BCUT2D eigenvalue weighted by Gasteiger charge is 2.27. The highest BCUT2D eigenvalue weighted by molar-refractivity contribution is 7.14. The van der Waals surface area contributed by atoms with E-state index in [9.17, 15) is 9.59 Å². The Hall–Kier alpha value is -1.36. The zero-order valence-electron chi connectivity index (χ0n) is 12.0. The zero-order chi connectivity index (χ0) is 14.6. The van der Waals surface area contributed by atoms with Gasteiger partial charge in [-0.2, -0.15) is 0 Å². The van der Waals surface area contributed by atoms with E-state index < -0.39 is 0 Å². The third-order valence-corrected chi connectivity index (χ3v) is 4.21. The van der Waals surface area contributed by atoms with Crippen LogP contribution in [0.3, 0.4) is 0 Å². The van der Waals surface area contributed by atoms with Gasteiger partial charge in [-0.05, 0) is 32.3 Å². The van der Waals surface area contributed by atoms with Gasteiger partial charge in [0.25, 0.3) is 0 Å². The Kier molecular flexibility index (Phi) is 5.54. The molecule has 0 saturated heterocycles. The van der Waals surface area contributed by atoms with Gasteiger partial charge in [0.2, 0.25) is 0 Å². The minimum atomic E-state index is -0.373. The van der Waals surface area contributed by atoms with Crippen molar-refractivity contribution in [3.8, 4) is 0 Å². The van der Waals surface area contributed by atoms with E-state index in [1.54, 1.807) is 20.8 Å². The van der Waals surface area contributed by atoms with Crippen molar-refractivity contribution in [2.45, 2.75) is 40.5 Å². The average molecular weight is 284 g/mol. The van der Waals surface area contributed by atoms with Gasteiger partial charge in [0, 0.05) is 4.88 Å². The number of hydrogen-bond acceptors (Lipinski definition) is 5. The fourth-order valence-corrected chi connectivity index (χ4v) is 2.98. The van der Waals surface area contributed by atoms with E-state index in [0.717, 1.165) is 4.88 Å². The fraction of sp³-hybridized carbons (Fsp3) is 0.571. The van der Waals surface area contributed by atoms with Crippen LogP contribution in [0.4, 0.5) is 0 Å². The first-order chi connectivity index (χ1) is 8.93. The van der Waals surface area contributed by atoms with Gasteiger partial charge in [-0.25, -0.2) is 9.59 Å². The Bertz CT molecular complexity index is 474. The number of carbonyl (C=O) groups is 2. The monoisotopic (exact) mass is 284 g/mol. The average Bonchev–Trinajstić information content (AvgIpc) is 2.67. The molecule has 0 atom stereocenters. The van der Waals surface area contributed by atoms with E-state index in [2.05, 4.69) is 0 Å². The molecule has 1 aromatic heterocycles. The SMILES string of the molecule is CCOC(=O)c1sc(C(C)C)c(C(=O)OCC)c1C. The summed E-state index contributed by atoms with van der Waals surface area (Å²) in [6.07, 6.45) is 0. The first-order valence-corrected chi connectivity index (χ1v) is 7.23. The van der Waals surface area contributed by atoms with Crippen LogP contribution in [0.15, 0.2) is 0 Å². The molecule has 0 unspecified atom stereocenters. The third-order valence-electron chi connectivity index (χ3n) is 2.64. The lowest BCUT2D eigenvalue weighted by Crippen LogP contribution is -2.09. The molecule has 0 aromatic carbocycles.